The van der Waals surface area contributed by atoms with Crippen molar-refractivity contribution in [2.24, 2.45) is 0 Å². The molecule has 0 saturated carbocycles. The van der Waals surface area contributed by atoms with Crippen molar-refractivity contribution in [2.45, 2.75) is 26.4 Å². The molecule has 112 valence electrons. The van der Waals surface area contributed by atoms with Crippen LogP contribution in [0.5, 0.6) is 0 Å². The molecule has 21 heavy (non-hydrogen) atoms. The average Bonchev–Trinajstić information content (AvgIpc) is 2.95. The molecule has 0 spiro atoms. The van der Waals surface area contributed by atoms with E-state index in [0.29, 0.717) is 11.7 Å². The normalized spacial score (nSPS) is 18.8. The monoisotopic (exact) mass is 287 g/mol. The van der Waals surface area contributed by atoms with Gasteiger partial charge in [-0.1, -0.05) is 11.2 Å². The van der Waals surface area contributed by atoms with Gasteiger partial charge in [-0.2, -0.15) is 4.98 Å². The highest BCUT2D eigenvalue weighted by Gasteiger charge is 2.25. The van der Waals surface area contributed by atoms with Crippen LogP contribution >= 0.6 is 0 Å². The Morgan fingerprint density at radius 2 is 2.10 bits per heavy atom. The molecule has 6 nitrogen and oxygen atoms in total. The van der Waals surface area contributed by atoms with Crippen LogP contribution < -0.4 is 0 Å². The molecule has 0 unspecified atom stereocenters. The molecule has 0 radical (unpaired) electrons. The molecule has 6 heteroatoms. The Labute approximate surface area is 124 Å². The minimum Gasteiger partial charge on any atom is -0.338 e. The van der Waals surface area contributed by atoms with Crippen molar-refractivity contribution < 1.29 is 4.52 Å². The molecule has 0 N–H and O–H groups in total. The van der Waals surface area contributed by atoms with Crippen molar-refractivity contribution in [3.05, 3.63) is 41.8 Å². The van der Waals surface area contributed by atoms with Gasteiger partial charge in [0.1, 0.15) is 0 Å². The zero-order valence-electron chi connectivity index (χ0n) is 12.6. The van der Waals surface area contributed by atoms with Crippen LogP contribution in [-0.2, 0) is 6.54 Å². The van der Waals surface area contributed by atoms with Crippen molar-refractivity contribution in [3.8, 4) is 0 Å². The number of aryl methyl sites for hydroxylation is 1. The summed E-state index contributed by atoms with van der Waals surface area (Å²) in [5.41, 5.74) is 1.27. The molecule has 1 aliphatic heterocycles. The molecule has 2 aromatic heterocycles. The van der Waals surface area contributed by atoms with Gasteiger partial charge < -0.3 is 4.52 Å². The smallest absolute Gasteiger partial charge is 0.243 e. The van der Waals surface area contributed by atoms with E-state index in [9.17, 15) is 0 Å². The second-order valence-electron chi connectivity index (χ2n) is 5.53. The van der Waals surface area contributed by atoms with E-state index in [1.54, 1.807) is 0 Å². The topological polar surface area (TPSA) is 58.3 Å². The summed E-state index contributed by atoms with van der Waals surface area (Å²) in [4.78, 5) is 13.4. The maximum Gasteiger partial charge on any atom is 0.243 e. The van der Waals surface area contributed by atoms with Crippen molar-refractivity contribution in [2.75, 3.05) is 26.2 Å². The quantitative estimate of drug-likeness (QED) is 0.852. The van der Waals surface area contributed by atoms with E-state index < -0.39 is 0 Å². The molecular weight excluding hydrogens is 266 g/mol. The Hall–Kier alpha value is -1.79. The second-order valence-corrected chi connectivity index (χ2v) is 5.53. The van der Waals surface area contributed by atoms with Crippen LogP contribution in [0.15, 0.2) is 29.0 Å². The molecule has 3 rings (SSSR count). The van der Waals surface area contributed by atoms with Crippen LogP contribution in [0.2, 0.25) is 0 Å². The maximum absolute atomic E-state index is 5.28. The van der Waals surface area contributed by atoms with Gasteiger partial charge in [-0.25, -0.2) is 0 Å². The number of hydrogen-bond donors (Lipinski definition) is 0. The summed E-state index contributed by atoms with van der Waals surface area (Å²) in [6.45, 7) is 9.08. The van der Waals surface area contributed by atoms with Gasteiger partial charge in [0.15, 0.2) is 5.82 Å². The van der Waals surface area contributed by atoms with Crippen molar-refractivity contribution in [3.63, 3.8) is 0 Å². The lowest BCUT2D eigenvalue weighted by molar-refractivity contribution is 0.0845. The van der Waals surface area contributed by atoms with E-state index in [1.165, 1.54) is 5.56 Å². The molecule has 1 atom stereocenters. The van der Waals surface area contributed by atoms with Gasteiger partial charge >= 0.3 is 0 Å². The van der Waals surface area contributed by atoms with Crippen LogP contribution in [0.3, 0.4) is 0 Å². The molecule has 0 aromatic carbocycles. The van der Waals surface area contributed by atoms with Gasteiger partial charge in [-0.3, -0.25) is 14.8 Å². The fraction of sp³-hybridized carbons (Fsp3) is 0.533. The minimum absolute atomic E-state index is 0.187. The van der Waals surface area contributed by atoms with Gasteiger partial charge in [0.25, 0.3) is 0 Å². The van der Waals surface area contributed by atoms with E-state index in [-0.39, 0.29) is 6.04 Å². The standard InChI is InChI=1S/C15H21N5O/c1-12(15-17-13(2)18-21-15)20-8-6-19(7-9-20)11-14-4-3-5-16-10-14/h3-5,10,12H,6-9,11H2,1-2H3/t12-/m1/s1. The maximum atomic E-state index is 5.28. The highest BCUT2D eigenvalue weighted by atomic mass is 16.5. The SMILES string of the molecule is Cc1noc([C@@H](C)N2CCN(Cc3cccnc3)CC2)n1. The zero-order valence-corrected chi connectivity index (χ0v) is 12.6. The van der Waals surface area contributed by atoms with Gasteiger partial charge in [0.05, 0.1) is 6.04 Å². The highest BCUT2D eigenvalue weighted by Crippen LogP contribution is 2.20. The van der Waals surface area contributed by atoms with E-state index >= 15 is 0 Å². The largest absolute Gasteiger partial charge is 0.338 e. The molecule has 0 bridgehead atoms. The Balaban J connectivity index is 1.53. The summed E-state index contributed by atoms with van der Waals surface area (Å²) >= 11 is 0. The highest BCUT2D eigenvalue weighted by molar-refractivity contribution is 5.08. The first-order chi connectivity index (χ1) is 10.2. The number of aromatic nitrogens is 3. The van der Waals surface area contributed by atoms with Crippen molar-refractivity contribution in [1.82, 2.24) is 24.9 Å². The van der Waals surface area contributed by atoms with Gasteiger partial charge in [-0.15, -0.1) is 0 Å². The number of pyridine rings is 1. The fourth-order valence-corrected chi connectivity index (χ4v) is 2.70. The summed E-state index contributed by atoms with van der Waals surface area (Å²) in [6, 6.07) is 4.31. The molecule has 1 saturated heterocycles. The summed E-state index contributed by atoms with van der Waals surface area (Å²) in [7, 11) is 0. The predicted molar refractivity (Wildman–Crippen MR) is 78.5 cm³/mol. The predicted octanol–water partition coefficient (Wildman–Crippen LogP) is 1.65. The van der Waals surface area contributed by atoms with Crippen molar-refractivity contribution in [1.29, 1.82) is 0 Å². The fourth-order valence-electron chi connectivity index (χ4n) is 2.70. The van der Waals surface area contributed by atoms with E-state index in [2.05, 4.69) is 37.9 Å². The number of hydrogen-bond acceptors (Lipinski definition) is 6. The lowest BCUT2D eigenvalue weighted by Gasteiger charge is -2.36. The van der Waals surface area contributed by atoms with Gasteiger partial charge in [0, 0.05) is 45.1 Å². The third kappa shape index (κ3) is 3.46. The lowest BCUT2D eigenvalue weighted by Crippen LogP contribution is -2.46. The first-order valence-corrected chi connectivity index (χ1v) is 7.38. The first kappa shape index (κ1) is 14.2. The van der Waals surface area contributed by atoms with E-state index in [1.807, 2.05) is 25.4 Å². The lowest BCUT2D eigenvalue weighted by atomic mass is 10.2. The van der Waals surface area contributed by atoms with Crippen LogP contribution in [0.1, 0.15) is 30.2 Å². The van der Waals surface area contributed by atoms with Gasteiger partial charge in [-0.05, 0) is 25.5 Å². The molecule has 2 aromatic rings. The van der Waals surface area contributed by atoms with Crippen LogP contribution in [0, 0.1) is 6.92 Å². The second kappa shape index (κ2) is 6.32. The molecule has 3 heterocycles. The number of nitrogens with zero attached hydrogens (tertiary/aromatic N) is 5. The first-order valence-electron chi connectivity index (χ1n) is 7.38. The average molecular weight is 287 g/mol. The molecule has 0 amide bonds. The summed E-state index contributed by atoms with van der Waals surface area (Å²) in [6.07, 6.45) is 3.76. The van der Waals surface area contributed by atoms with Gasteiger partial charge in [0.2, 0.25) is 5.89 Å². The van der Waals surface area contributed by atoms with E-state index in [4.69, 9.17) is 4.52 Å². The zero-order chi connectivity index (χ0) is 14.7. The number of piperazine rings is 1. The molecule has 1 fully saturated rings. The summed E-state index contributed by atoms with van der Waals surface area (Å²) in [5.74, 6) is 1.42. The van der Waals surface area contributed by atoms with Crippen LogP contribution in [0.4, 0.5) is 0 Å². The van der Waals surface area contributed by atoms with E-state index in [0.717, 1.165) is 32.7 Å². The third-order valence-electron chi connectivity index (χ3n) is 3.98. The Morgan fingerprint density at radius 1 is 1.29 bits per heavy atom. The Kier molecular flexibility index (Phi) is 4.26. The van der Waals surface area contributed by atoms with Crippen molar-refractivity contribution >= 4 is 0 Å². The third-order valence-corrected chi connectivity index (χ3v) is 3.98. The molecule has 0 aliphatic carbocycles. The molecular formula is C15H21N5O. The van der Waals surface area contributed by atoms with Crippen LogP contribution in [-0.4, -0.2) is 51.1 Å². The summed E-state index contributed by atoms with van der Waals surface area (Å²) in [5, 5.41) is 3.87. The van der Waals surface area contributed by atoms with Crippen LogP contribution in [0.25, 0.3) is 0 Å². The summed E-state index contributed by atoms with van der Waals surface area (Å²) < 4.78 is 5.28. The molecule has 1 aliphatic rings. The Bertz CT molecular complexity index is 562. The number of rotatable bonds is 4. The Morgan fingerprint density at radius 3 is 2.71 bits per heavy atom. The minimum atomic E-state index is 0.187.